The number of hydrogen-bond acceptors (Lipinski definition) is 6. The van der Waals surface area contributed by atoms with E-state index in [-0.39, 0.29) is 23.2 Å². The smallest absolute Gasteiger partial charge is 0.269 e. The van der Waals surface area contributed by atoms with E-state index >= 15 is 0 Å². The summed E-state index contributed by atoms with van der Waals surface area (Å²) in [5, 5.41) is 12.8. The van der Waals surface area contributed by atoms with Crippen molar-refractivity contribution < 1.29 is 13.3 Å². The Morgan fingerprint density at radius 2 is 1.80 bits per heavy atom. The van der Waals surface area contributed by atoms with E-state index in [1.54, 1.807) is 11.3 Å². The number of rotatable bonds is 7. The molecule has 0 amide bonds. The molecule has 1 aliphatic rings. The van der Waals surface area contributed by atoms with Crippen LogP contribution in [0, 0.1) is 10.1 Å². The molecule has 1 N–H and O–H groups in total. The second-order valence-corrected chi connectivity index (χ2v) is 9.87. The second-order valence-electron chi connectivity index (χ2n) is 7.12. The number of hydrogen-bond donors (Lipinski definition) is 1. The van der Waals surface area contributed by atoms with E-state index in [2.05, 4.69) is 21.8 Å². The van der Waals surface area contributed by atoms with Crippen molar-refractivity contribution in [3.05, 3.63) is 92.2 Å². The summed E-state index contributed by atoms with van der Waals surface area (Å²) in [6.45, 7) is 1.83. The van der Waals surface area contributed by atoms with Gasteiger partial charge in [-0.05, 0) is 41.1 Å². The zero-order chi connectivity index (χ0) is 21.1. The average molecular weight is 444 g/mol. The van der Waals surface area contributed by atoms with Crippen LogP contribution in [0.2, 0.25) is 0 Å². The summed E-state index contributed by atoms with van der Waals surface area (Å²) in [6.07, 6.45) is 0.924. The largest absolute Gasteiger partial charge is 0.290 e. The van der Waals surface area contributed by atoms with Crippen molar-refractivity contribution in [2.45, 2.75) is 23.9 Å². The fourth-order valence-corrected chi connectivity index (χ4v) is 5.59. The fraction of sp³-hybridized carbons (Fsp3) is 0.238. The number of non-ortho nitro benzene ring substituents is 1. The number of nitro groups is 1. The molecule has 4 rings (SSSR count). The Balaban J connectivity index is 1.52. The number of nitrogens with zero attached hydrogens (tertiary/aromatic N) is 2. The van der Waals surface area contributed by atoms with E-state index in [9.17, 15) is 18.5 Å². The lowest BCUT2D eigenvalue weighted by atomic mass is 9.98. The Bertz CT molecular complexity index is 1130. The highest BCUT2D eigenvalue weighted by Gasteiger charge is 2.27. The molecule has 0 saturated heterocycles. The van der Waals surface area contributed by atoms with Gasteiger partial charge in [-0.3, -0.25) is 15.0 Å². The molecule has 0 spiro atoms. The Kier molecular flexibility index (Phi) is 5.96. The van der Waals surface area contributed by atoms with Gasteiger partial charge in [0.1, 0.15) is 0 Å². The highest BCUT2D eigenvalue weighted by Crippen LogP contribution is 2.30. The molecular formula is C21H21N3O4S2. The summed E-state index contributed by atoms with van der Waals surface area (Å²) in [5.41, 5.74) is 2.46. The van der Waals surface area contributed by atoms with Crippen LogP contribution in [0.4, 0.5) is 5.69 Å². The topological polar surface area (TPSA) is 92.5 Å². The molecule has 2 heterocycles. The predicted molar refractivity (Wildman–Crippen MR) is 116 cm³/mol. The van der Waals surface area contributed by atoms with Gasteiger partial charge in [0.05, 0.1) is 15.9 Å². The van der Waals surface area contributed by atoms with E-state index < -0.39 is 14.9 Å². The van der Waals surface area contributed by atoms with Crippen LogP contribution in [0.1, 0.15) is 22.0 Å². The van der Waals surface area contributed by atoms with Gasteiger partial charge in [-0.25, -0.2) is 13.1 Å². The van der Waals surface area contributed by atoms with Crippen LogP contribution in [0.25, 0.3) is 0 Å². The van der Waals surface area contributed by atoms with E-state index in [4.69, 9.17) is 0 Å². The van der Waals surface area contributed by atoms with Gasteiger partial charge < -0.3 is 0 Å². The normalized spacial score (nSPS) is 15.5. The maximum atomic E-state index is 12.8. The molecule has 1 aromatic heterocycles. The highest BCUT2D eigenvalue weighted by atomic mass is 32.2. The summed E-state index contributed by atoms with van der Waals surface area (Å²) in [6, 6.07) is 17.2. The van der Waals surface area contributed by atoms with Gasteiger partial charge in [-0.15, -0.1) is 11.3 Å². The third kappa shape index (κ3) is 4.44. The molecule has 7 nitrogen and oxygen atoms in total. The van der Waals surface area contributed by atoms with Crippen LogP contribution < -0.4 is 4.72 Å². The van der Waals surface area contributed by atoms with Crippen molar-refractivity contribution in [1.82, 2.24) is 9.62 Å². The van der Waals surface area contributed by atoms with Crippen molar-refractivity contribution in [2.24, 2.45) is 0 Å². The molecule has 1 atom stereocenters. The summed E-state index contributed by atoms with van der Waals surface area (Å²) < 4.78 is 28.2. The molecule has 0 bridgehead atoms. The highest BCUT2D eigenvalue weighted by molar-refractivity contribution is 7.89. The molecule has 0 fully saturated rings. The maximum absolute atomic E-state index is 12.8. The summed E-state index contributed by atoms with van der Waals surface area (Å²) in [7, 11) is -3.78. The Morgan fingerprint density at radius 1 is 1.07 bits per heavy atom. The Hall–Kier alpha value is -2.59. The van der Waals surface area contributed by atoms with E-state index in [0.717, 1.165) is 24.4 Å². The van der Waals surface area contributed by atoms with E-state index in [0.29, 0.717) is 0 Å². The molecule has 1 aliphatic heterocycles. The minimum Gasteiger partial charge on any atom is -0.290 e. The van der Waals surface area contributed by atoms with Gasteiger partial charge in [-0.1, -0.05) is 30.3 Å². The molecule has 1 unspecified atom stereocenters. The molecular weight excluding hydrogens is 422 g/mol. The molecule has 9 heteroatoms. The minimum atomic E-state index is -3.78. The molecule has 0 saturated carbocycles. The van der Waals surface area contributed by atoms with Crippen LogP contribution in [-0.4, -0.2) is 31.3 Å². The number of fused-ring (bicyclic) bond motifs is 1. The lowest BCUT2D eigenvalue weighted by Gasteiger charge is -2.35. The first-order valence-electron chi connectivity index (χ1n) is 9.52. The first-order valence-corrected chi connectivity index (χ1v) is 11.9. The van der Waals surface area contributed by atoms with Crippen LogP contribution in [0.15, 0.2) is 70.9 Å². The fourth-order valence-electron chi connectivity index (χ4n) is 3.69. The van der Waals surface area contributed by atoms with E-state index in [1.807, 2.05) is 29.6 Å². The minimum absolute atomic E-state index is 0.0158. The van der Waals surface area contributed by atoms with Crippen LogP contribution in [-0.2, 0) is 23.0 Å². The third-order valence-electron chi connectivity index (χ3n) is 5.30. The first-order chi connectivity index (χ1) is 14.4. The molecule has 0 aliphatic carbocycles. The number of sulfonamides is 1. The van der Waals surface area contributed by atoms with Gasteiger partial charge in [0.2, 0.25) is 10.0 Å². The Morgan fingerprint density at radius 3 is 2.47 bits per heavy atom. The molecule has 3 aromatic rings. The number of nitro benzene ring substituents is 1. The molecule has 30 heavy (non-hydrogen) atoms. The van der Waals surface area contributed by atoms with Gasteiger partial charge in [-0.2, -0.15) is 0 Å². The predicted octanol–water partition coefficient (Wildman–Crippen LogP) is 3.73. The van der Waals surface area contributed by atoms with E-state index in [1.165, 1.54) is 35.4 Å². The second kappa shape index (κ2) is 8.65. The maximum Gasteiger partial charge on any atom is 0.269 e. The lowest BCUT2D eigenvalue weighted by Crippen LogP contribution is -2.40. The zero-order valence-electron chi connectivity index (χ0n) is 16.1. The summed E-state index contributed by atoms with van der Waals surface area (Å²) in [5.74, 6) is 0. The first kappa shape index (κ1) is 20.7. The summed E-state index contributed by atoms with van der Waals surface area (Å²) >= 11 is 1.61. The number of nitrogens with one attached hydrogen (secondary N) is 1. The number of thiophene rings is 1. The van der Waals surface area contributed by atoms with Crippen LogP contribution >= 0.6 is 11.3 Å². The van der Waals surface area contributed by atoms with Gasteiger partial charge >= 0.3 is 0 Å². The van der Waals surface area contributed by atoms with Gasteiger partial charge in [0.25, 0.3) is 5.69 Å². The van der Waals surface area contributed by atoms with Crippen molar-refractivity contribution in [3.8, 4) is 0 Å². The monoisotopic (exact) mass is 443 g/mol. The standard InChI is InChI=1S/C21H21N3O4S2/c25-24(26)18-7-9-19(10-8-18)30(27,28)22-14-20(21-6-3-13-29-21)23-12-11-16-4-1-2-5-17(16)15-23/h1-10,13,20,22H,11-12,14-15H2. The van der Waals surface area contributed by atoms with Gasteiger partial charge in [0.15, 0.2) is 0 Å². The molecule has 0 radical (unpaired) electrons. The van der Waals surface area contributed by atoms with Crippen molar-refractivity contribution >= 4 is 27.0 Å². The lowest BCUT2D eigenvalue weighted by molar-refractivity contribution is -0.384. The van der Waals surface area contributed by atoms with Crippen LogP contribution in [0.5, 0.6) is 0 Å². The molecule has 2 aromatic carbocycles. The van der Waals surface area contributed by atoms with Crippen LogP contribution in [0.3, 0.4) is 0 Å². The zero-order valence-corrected chi connectivity index (χ0v) is 17.7. The SMILES string of the molecule is O=[N+]([O-])c1ccc(S(=O)(=O)NCC(c2cccs2)N2CCc3ccccc3C2)cc1. The Labute approximate surface area is 179 Å². The van der Waals surface area contributed by atoms with Crippen molar-refractivity contribution in [1.29, 1.82) is 0 Å². The average Bonchev–Trinajstić information content (AvgIpc) is 3.28. The quantitative estimate of drug-likeness (QED) is 0.444. The number of benzene rings is 2. The van der Waals surface area contributed by atoms with Crippen molar-refractivity contribution in [2.75, 3.05) is 13.1 Å². The molecule has 156 valence electrons. The van der Waals surface area contributed by atoms with Gasteiger partial charge in [0, 0.05) is 36.6 Å². The third-order valence-corrected chi connectivity index (χ3v) is 7.71. The summed E-state index contributed by atoms with van der Waals surface area (Å²) in [4.78, 5) is 13.7. The van der Waals surface area contributed by atoms with Crippen molar-refractivity contribution in [3.63, 3.8) is 0 Å².